The first kappa shape index (κ1) is 17.1. The van der Waals surface area contributed by atoms with Crippen molar-refractivity contribution in [1.29, 1.82) is 0 Å². The van der Waals surface area contributed by atoms with Gasteiger partial charge in [0.15, 0.2) is 5.78 Å². The maximum Gasteiger partial charge on any atom is 0.174 e. The molecule has 0 unspecified atom stereocenters. The first-order chi connectivity index (χ1) is 12.0. The Labute approximate surface area is 147 Å². The number of Topliss-reactive ketones (excluding diaryl/α,β-unsaturated/α-hetero) is 1. The van der Waals surface area contributed by atoms with Crippen LogP contribution in [0.1, 0.15) is 47.9 Å². The van der Waals surface area contributed by atoms with E-state index in [9.17, 15) is 9.90 Å². The molecule has 3 rings (SSSR count). The van der Waals surface area contributed by atoms with Gasteiger partial charge in [0.25, 0.3) is 0 Å². The van der Waals surface area contributed by atoms with Crippen molar-refractivity contribution in [3.8, 4) is 17.2 Å². The molecular formula is C21H22O4. The molecule has 0 fully saturated rings. The van der Waals surface area contributed by atoms with Gasteiger partial charge in [-0.25, -0.2) is 0 Å². The van der Waals surface area contributed by atoms with E-state index >= 15 is 0 Å². The lowest BCUT2D eigenvalue weighted by atomic mass is 9.94. The number of benzene rings is 2. The lowest BCUT2D eigenvalue weighted by molar-refractivity contribution is 0.0844. The van der Waals surface area contributed by atoms with Crippen molar-refractivity contribution in [3.63, 3.8) is 0 Å². The van der Waals surface area contributed by atoms with Gasteiger partial charge in [-0.2, -0.15) is 0 Å². The van der Waals surface area contributed by atoms with Crippen LogP contribution >= 0.6 is 0 Å². The molecule has 1 atom stereocenters. The fraction of sp³-hybridized carbons (Fsp3) is 0.286. The van der Waals surface area contributed by atoms with Crippen molar-refractivity contribution in [1.82, 2.24) is 0 Å². The van der Waals surface area contributed by atoms with E-state index in [1.807, 2.05) is 50.3 Å². The summed E-state index contributed by atoms with van der Waals surface area (Å²) < 4.78 is 11.8. The normalized spacial score (nSPS) is 16.0. The highest BCUT2D eigenvalue weighted by Gasteiger charge is 2.32. The summed E-state index contributed by atoms with van der Waals surface area (Å²) in [4.78, 5) is 12.6. The van der Waals surface area contributed by atoms with Gasteiger partial charge >= 0.3 is 0 Å². The Kier molecular flexibility index (Phi) is 4.79. The number of ketones is 1. The Bertz CT molecular complexity index is 818. The lowest BCUT2D eigenvalue weighted by Crippen LogP contribution is -2.21. The summed E-state index contributed by atoms with van der Waals surface area (Å²) in [6.07, 6.45) is 1.81. The smallest absolute Gasteiger partial charge is 0.174 e. The van der Waals surface area contributed by atoms with Crippen LogP contribution in [0.15, 0.2) is 48.0 Å². The molecule has 1 N–H and O–H groups in total. The van der Waals surface area contributed by atoms with Gasteiger partial charge in [-0.15, -0.1) is 0 Å². The molecule has 0 saturated carbocycles. The van der Waals surface area contributed by atoms with Crippen LogP contribution in [0.4, 0.5) is 0 Å². The third kappa shape index (κ3) is 3.53. The highest BCUT2D eigenvalue weighted by atomic mass is 16.5. The molecule has 2 aromatic rings. The minimum atomic E-state index is -0.353. The molecule has 4 nitrogen and oxygen atoms in total. The molecule has 0 aromatic heterocycles. The van der Waals surface area contributed by atoms with Gasteiger partial charge in [-0.1, -0.05) is 35.9 Å². The zero-order chi connectivity index (χ0) is 18.0. The molecule has 130 valence electrons. The largest absolute Gasteiger partial charge is 0.507 e. The average molecular weight is 338 g/mol. The minimum absolute atomic E-state index is 0.0544. The Balaban J connectivity index is 1.94. The Morgan fingerprint density at radius 3 is 2.72 bits per heavy atom. The summed E-state index contributed by atoms with van der Waals surface area (Å²) in [5, 5.41) is 10.5. The van der Waals surface area contributed by atoms with Gasteiger partial charge in [0.1, 0.15) is 35.5 Å². The van der Waals surface area contributed by atoms with Gasteiger partial charge < -0.3 is 14.6 Å². The van der Waals surface area contributed by atoms with Gasteiger partial charge in [0, 0.05) is 11.6 Å². The maximum atomic E-state index is 12.6. The first-order valence-electron chi connectivity index (χ1n) is 8.35. The van der Waals surface area contributed by atoms with E-state index in [-0.39, 0.29) is 29.6 Å². The van der Waals surface area contributed by atoms with Crippen LogP contribution in [-0.2, 0) is 0 Å². The number of carbonyl (C=O) groups excluding carboxylic acids is 1. The lowest BCUT2D eigenvalue weighted by Gasteiger charge is -2.27. The number of allylic oxidation sites excluding steroid dienone is 1. The van der Waals surface area contributed by atoms with Crippen LogP contribution in [0.3, 0.4) is 0 Å². The number of fused-ring (bicyclic) bond motifs is 1. The second-order valence-electron chi connectivity index (χ2n) is 6.46. The summed E-state index contributed by atoms with van der Waals surface area (Å²) in [6.45, 7) is 6.13. The minimum Gasteiger partial charge on any atom is -0.507 e. The van der Waals surface area contributed by atoms with Crippen LogP contribution in [0.25, 0.3) is 0 Å². The fourth-order valence-corrected chi connectivity index (χ4v) is 2.85. The molecule has 0 bridgehead atoms. The SMILES string of the molecule is CC(C)=CCOc1cc2c(c(O)c1C)C(=O)C[C@@H](c1ccccc1)O2. The second kappa shape index (κ2) is 7.01. The standard InChI is InChI=1S/C21H22O4/c1-13(2)9-10-24-17-12-19-20(21(23)14(17)3)16(22)11-18(25-19)15-7-5-4-6-8-15/h4-9,12,18,23H,10-11H2,1-3H3/t18-/m0/s1. The maximum absolute atomic E-state index is 12.6. The van der Waals surface area contributed by atoms with Crippen molar-refractivity contribution >= 4 is 5.78 Å². The summed E-state index contributed by atoms with van der Waals surface area (Å²) in [5.41, 5.74) is 2.89. The van der Waals surface area contributed by atoms with Crippen molar-refractivity contribution < 1.29 is 19.4 Å². The molecule has 0 spiro atoms. The molecule has 0 radical (unpaired) electrons. The second-order valence-corrected chi connectivity index (χ2v) is 6.46. The van der Waals surface area contributed by atoms with Gasteiger partial charge in [0.05, 0.1) is 6.42 Å². The highest BCUT2D eigenvalue weighted by molar-refractivity contribution is 6.03. The predicted octanol–water partition coefficient (Wildman–Crippen LogP) is 4.75. The number of hydrogen-bond donors (Lipinski definition) is 1. The molecule has 25 heavy (non-hydrogen) atoms. The van der Waals surface area contributed by atoms with E-state index < -0.39 is 0 Å². The molecule has 2 aromatic carbocycles. The van der Waals surface area contributed by atoms with Gasteiger partial charge in [-0.05, 0) is 32.4 Å². The quantitative estimate of drug-likeness (QED) is 0.817. The van der Waals surface area contributed by atoms with Crippen molar-refractivity contribution in [2.24, 2.45) is 0 Å². The number of hydrogen-bond acceptors (Lipinski definition) is 4. The van der Waals surface area contributed by atoms with Crippen LogP contribution < -0.4 is 9.47 Å². The number of phenols is 1. The third-order valence-corrected chi connectivity index (χ3v) is 4.29. The molecule has 4 heteroatoms. The van der Waals surface area contributed by atoms with Crippen LogP contribution in [0.2, 0.25) is 0 Å². The topological polar surface area (TPSA) is 55.8 Å². The number of rotatable bonds is 4. The molecule has 0 aliphatic carbocycles. The average Bonchev–Trinajstić information content (AvgIpc) is 2.59. The van der Waals surface area contributed by atoms with Crippen LogP contribution in [-0.4, -0.2) is 17.5 Å². The highest BCUT2D eigenvalue weighted by Crippen LogP contribution is 2.44. The van der Waals surface area contributed by atoms with Crippen molar-refractivity contribution in [2.45, 2.75) is 33.3 Å². The molecule has 1 heterocycles. The van der Waals surface area contributed by atoms with E-state index in [4.69, 9.17) is 9.47 Å². The third-order valence-electron chi connectivity index (χ3n) is 4.29. The molecule has 0 amide bonds. The fourth-order valence-electron chi connectivity index (χ4n) is 2.85. The number of carbonyl (C=O) groups is 1. The zero-order valence-electron chi connectivity index (χ0n) is 14.7. The van der Waals surface area contributed by atoms with Gasteiger partial charge in [-0.3, -0.25) is 4.79 Å². The number of ether oxygens (including phenoxy) is 2. The van der Waals surface area contributed by atoms with E-state index in [0.29, 0.717) is 23.7 Å². The molecule has 0 saturated heterocycles. The molecular weight excluding hydrogens is 316 g/mol. The van der Waals surface area contributed by atoms with E-state index in [0.717, 1.165) is 11.1 Å². The Hall–Kier alpha value is -2.75. The Morgan fingerprint density at radius 1 is 1.32 bits per heavy atom. The van der Waals surface area contributed by atoms with Crippen molar-refractivity contribution in [3.05, 3.63) is 64.7 Å². The first-order valence-corrected chi connectivity index (χ1v) is 8.35. The predicted molar refractivity (Wildman–Crippen MR) is 96.5 cm³/mol. The van der Waals surface area contributed by atoms with Crippen LogP contribution in [0.5, 0.6) is 17.2 Å². The summed E-state index contributed by atoms with van der Waals surface area (Å²) in [7, 11) is 0. The number of phenolic OH excluding ortho intramolecular Hbond substituents is 1. The summed E-state index contributed by atoms with van der Waals surface area (Å²) in [6, 6.07) is 11.3. The van der Waals surface area contributed by atoms with E-state index in [1.54, 1.807) is 13.0 Å². The monoisotopic (exact) mass is 338 g/mol. The molecule has 1 aliphatic rings. The van der Waals surface area contributed by atoms with E-state index in [1.165, 1.54) is 0 Å². The van der Waals surface area contributed by atoms with Gasteiger partial charge in [0.2, 0.25) is 0 Å². The number of aromatic hydroxyl groups is 1. The summed E-state index contributed by atoms with van der Waals surface area (Å²) >= 11 is 0. The molecule has 1 aliphatic heterocycles. The Morgan fingerprint density at radius 2 is 2.04 bits per heavy atom. The van der Waals surface area contributed by atoms with Crippen LogP contribution in [0, 0.1) is 6.92 Å². The van der Waals surface area contributed by atoms with E-state index in [2.05, 4.69) is 0 Å². The zero-order valence-corrected chi connectivity index (χ0v) is 14.7. The van der Waals surface area contributed by atoms with Crippen molar-refractivity contribution in [2.75, 3.05) is 6.61 Å². The summed E-state index contributed by atoms with van der Waals surface area (Å²) in [5.74, 6) is 0.725.